The molecule has 2 aromatic carbocycles. The Morgan fingerprint density at radius 1 is 0.643 bits per heavy atom. The minimum Gasteiger partial charge on any atom is -1.00 e. The predicted molar refractivity (Wildman–Crippen MR) is 152 cm³/mol. The summed E-state index contributed by atoms with van der Waals surface area (Å²) in [6.45, 7) is 3.85. The summed E-state index contributed by atoms with van der Waals surface area (Å²) in [6.07, 6.45) is 1.98. The zero-order chi connectivity index (χ0) is 29.8. The van der Waals surface area contributed by atoms with Gasteiger partial charge in [-0.2, -0.15) is 0 Å². The number of quaternary nitrogens is 2. The van der Waals surface area contributed by atoms with E-state index in [1.54, 1.807) is 24.3 Å². The summed E-state index contributed by atoms with van der Waals surface area (Å²) in [4.78, 5) is 45.2. The number of hydrogen-bond acceptors (Lipinski definition) is 6. The van der Waals surface area contributed by atoms with Gasteiger partial charge >= 0.3 is 0 Å². The first-order valence-corrected chi connectivity index (χ1v) is 13.4. The standard InChI is InChI=1S/C28H40N6O6.2BrH/c1-33(2,21-23-9-13-25(14-10-23)31(37)38)19-17-29-27(35)7-5-6-8-28(36)30-18-20-34(3,4)22-24-11-15-26(16-12-24)32(39)40;;/h9-16H,5-8,17-22H2,1-4H3;2*1H. The quantitative estimate of drug-likeness (QED) is 0.0781. The monoisotopic (exact) mass is 716 g/mol. The highest BCUT2D eigenvalue weighted by atomic mass is 79.9. The lowest BCUT2D eigenvalue weighted by Crippen LogP contribution is -3.00. The molecule has 0 radical (unpaired) electrons. The number of likely N-dealkylation sites (N-methyl/N-ethyl adjacent to an activating group) is 2. The highest BCUT2D eigenvalue weighted by molar-refractivity contribution is 5.77. The molecule has 0 fully saturated rings. The van der Waals surface area contributed by atoms with Crippen molar-refractivity contribution in [1.82, 2.24) is 10.6 Å². The van der Waals surface area contributed by atoms with Crippen LogP contribution >= 0.6 is 0 Å². The Morgan fingerprint density at radius 3 is 1.24 bits per heavy atom. The van der Waals surface area contributed by atoms with Gasteiger partial charge in [0.15, 0.2) is 0 Å². The van der Waals surface area contributed by atoms with Crippen molar-refractivity contribution >= 4 is 23.2 Å². The highest BCUT2D eigenvalue weighted by Gasteiger charge is 2.18. The molecule has 0 unspecified atom stereocenters. The molecule has 12 nitrogen and oxygen atoms in total. The molecule has 2 amide bonds. The minimum absolute atomic E-state index is 0. The van der Waals surface area contributed by atoms with E-state index in [1.165, 1.54) is 24.3 Å². The Morgan fingerprint density at radius 2 is 0.952 bits per heavy atom. The van der Waals surface area contributed by atoms with E-state index in [2.05, 4.69) is 10.6 Å². The molecule has 234 valence electrons. The second-order valence-corrected chi connectivity index (χ2v) is 11.4. The molecule has 0 aliphatic carbocycles. The number of rotatable bonds is 17. The van der Waals surface area contributed by atoms with Crippen LogP contribution in [0.25, 0.3) is 0 Å². The molecule has 14 heteroatoms. The molecule has 0 aliphatic rings. The van der Waals surface area contributed by atoms with Gasteiger partial charge in [0.05, 0.1) is 64.2 Å². The molecular formula is C28H42Br2N6O6. The van der Waals surface area contributed by atoms with Crippen LogP contribution in [-0.2, 0) is 22.7 Å². The van der Waals surface area contributed by atoms with Crippen LogP contribution in [0, 0.1) is 20.2 Å². The zero-order valence-electron chi connectivity index (χ0n) is 24.7. The normalized spacial score (nSPS) is 11.0. The third-order valence-corrected chi connectivity index (χ3v) is 6.65. The molecule has 0 saturated carbocycles. The van der Waals surface area contributed by atoms with Crippen LogP contribution in [0.5, 0.6) is 0 Å². The second-order valence-electron chi connectivity index (χ2n) is 11.4. The number of carbonyl (C=O) groups is 2. The van der Waals surface area contributed by atoms with E-state index in [0.29, 0.717) is 73.9 Å². The van der Waals surface area contributed by atoms with Crippen molar-refractivity contribution in [2.45, 2.75) is 38.8 Å². The first-order valence-electron chi connectivity index (χ1n) is 13.4. The number of nitro groups is 2. The number of benzene rings is 2. The molecule has 0 heterocycles. The maximum atomic E-state index is 12.2. The van der Waals surface area contributed by atoms with E-state index < -0.39 is 9.85 Å². The van der Waals surface area contributed by atoms with Gasteiger partial charge < -0.3 is 53.6 Å². The summed E-state index contributed by atoms with van der Waals surface area (Å²) < 4.78 is 1.25. The van der Waals surface area contributed by atoms with E-state index in [9.17, 15) is 29.8 Å². The van der Waals surface area contributed by atoms with Crippen molar-refractivity contribution < 1.29 is 62.4 Å². The topological polar surface area (TPSA) is 144 Å². The van der Waals surface area contributed by atoms with Crippen molar-refractivity contribution in [1.29, 1.82) is 0 Å². The predicted octanol–water partition coefficient (Wildman–Crippen LogP) is -2.84. The van der Waals surface area contributed by atoms with Gasteiger partial charge in [-0.15, -0.1) is 0 Å². The largest absolute Gasteiger partial charge is 1.00 e. The Labute approximate surface area is 268 Å². The van der Waals surface area contributed by atoms with Gasteiger partial charge in [0, 0.05) is 48.2 Å². The number of non-ortho nitro benzene ring substituents is 2. The van der Waals surface area contributed by atoms with E-state index in [1.807, 2.05) is 28.2 Å². The highest BCUT2D eigenvalue weighted by Crippen LogP contribution is 2.16. The number of halogens is 2. The molecular weight excluding hydrogens is 676 g/mol. The van der Waals surface area contributed by atoms with Crippen LogP contribution in [0.4, 0.5) is 11.4 Å². The van der Waals surface area contributed by atoms with Crippen LogP contribution in [0.15, 0.2) is 48.5 Å². The number of nitro benzene ring substituents is 2. The van der Waals surface area contributed by atoms with E-state index in [-0.39, 0.29) is 57.2 Å². The molecule has 0 aliphatic heterocycles. The molecule has 2 rings (SSSR count). The van der Waals surface area contributed by atoms with Crippen LogP contribution < -0.4 is 44.6 Å². The summed E-state index contributed by atoms with van der Waals surface area (Å²) in [5.41, 5.74) is 2.12. The van der Waals surface area contributed by atoms with Crippen molar-refractivity contribution in [3.63, 3.8) is 0 Å². The van der Waals surface area contributed by atoms with Crippen LogP contribution in [0.1, 0.15) is 36.8 Å². The van der Waals surface area contributed by atoms with Crippen LogP contribution in [-0.4, -0.2) is 85.0 Å². The third kappa shape index (κ3) is 15.3. The van der Waals surface area contributed by atoms with Crippen molar-refractivity contribution in [3.05, 3.63) is 79.9 Å². The summed E-state index contributed by atoms with van der Waals surface area (Å²) in [7, 11) is 8.17. The van der Waals surface area contributed by atoms with E-state index in [4.69, 9.17) is 0 Å². The average Bonchev–Trinajstić information content (AvgIpc) is 2.86. The Hall–Kier alpha value is -2.94. The number of nitrogens with one attached hydrogen (secondary N) is 2. The van der Waals surface area contributed by atoms with Gasteiger partial charge in [-0.25, -0.2) is 0 Å². The van der Waals surface area contributed by atoms with Gasteiger partial charge in [0.25, 0.3) is 11.4 Å². The fraction of sp³-hybridized carbons (Fsp3) is 0.500. The van der Waals surface area contributed by atoms with Gasteiger partial charge in [-0.1, -0.05) is 0 Å². The SMILES string of the molecule is C[N+](C)(CCNC(=O)CCCCC(=O)NCC[N+](C)(C)Cc1ccc([N+](=O)[O-])cc1)Cc1ccc([N+](=O)[O-])cc1.[Br-].[Br-]. The first-order chi connectivity index (χ1) is 18.8. The summed E-state index contributed by atoms with van der Waals surface area (Å²) in [5, 5.41) is 27.5. The fourth-order valence-electron chi connectivity index (χ4n) is 4.34. The molecule has 0 spiro atoms. The fourth-order valence-corrected chi connectivity index (χ4v) is 4.34. The van der Waals surface area contributed by atoms with E-state index >= 15 is 0 Å². The zero-order valence-corrected chi connectivity index (χ0v) is 27.9. The summed E-state index contributed by atoms with van der Waals surface area (Å²) in [5.74, 6) is -0.0814. The number of nitrogens with zero attached hydrogens (tertiary/aromatic N) is 4. The van der Waals surface area contributed by atoms with Crippen molar-refractivity contribution in [2.75, 3.05) is 54.4 Å². The maximum absolute atomic E-state index is 12.2. The lowest BCUT2D eigenvalue weighted by molar-refractivity contribution is -0.902. The Balaban J connectivity index is 0.00000840. The lowest BCUT2D eigenvalue weighted by atomic mass is 10.1. The summed E-state index contributed by atoms with van der Waals surface area (Å²) in [6, 6.07) is 13.0. The minimum atomic E-state index is -0.416. The smallest absolute Gasteiger partial charge is 0.269 e. The molecule has 42 heavy (non-hydrogen) atoms. The molecule has 2 aromatic rings. The van der Waals surface area contributed by atoms with Gasteiger partial charge in [0.1, 0.15) is 13.1 Å². The number of unbranched alkanes of at least 4 members (excludes halogenated alkanes) is 1. The molecule has 0 atom stereocenters. The maximum Gasteiger partial charge on any atom is 0.269 e. The Bertz CT molecular complexity index is 1070. The lowest BCUT2D eigenvalue weighted by Gasteiger charge is -2.30. The van der Waals surface area contributed by atoms with Gasteiger partial charge in [-0.3, -0.25) is 29.8 Å². The van der Waals surface area contributed by atoms with Crippen molar-refractivity contribution in [3.8, 4) is 0 Å². The third-order valence-electron chi connectivity index (χ3n) is 6.65. The second kappa shape index (κ2) is 18.6. The average molecular weight is 718 g/mol. The number of amides is 2. The van der Waals surface area contributed by atoms with Crippen LogP contribution in [0.3, 0.4) is 0 Å². The molecule has 0 aromatic heterocycles. The van der Waals surface area contributed by atoms with Crippen molar-refractivity contribution in [2.24, 2.45) is 0 Å². The van der Waals surface area contributed by atoms with E-state index in [0.717, 1.165) is 11.1 Å². The summed E-state index contributed by atoms with van der Waals surface area (Å²) >= 11 is 0. The number of carbonyl (C=O) groups excluding carboxylic acids is 2. The molecule has 0 bridgehead atoms. The number of hydrogen-bond donors (Lipinski definition) is 2. The van der Waals surface area contributed by atoms with Gasteiger partial charge in [-0.05, 0) is 37.1 Å². The van der Waals surface area contributed by atoms with Crippen LogP contribution in [0.2, 0.25) is 0 Å². The van der Waals surface area contributed by atoms with Gasteiger partial charge in [0.2, 0.25) is 11.8 Å². The first kappa shape index (κ1) is 39.1. The molecule has 2 N–H and O–H groups in total. The Kier molecular flexibility index (Phi) is 17.3. The molecule has 0 saturated heterocycles.